The van der Waals surface area contributed by atoms with Crippen molar-refractivity contribution in [3.8, 4) is 5.75 Å². The Balaban J connectivity index is 1.94. The molecule has 0 aliphatic rings. The molecule has 0 fully saturated rings. The molecule has 0 aliphatic heterocycles. The molecule has 0 saturated heterocycles. The third-order valence-corrected chi connectivity index (χ3v) is 3.80. The Labute approximate surface area is 134 Å². The van der Waals surface area contributed by atoms with Gasteiger partial charge in [-0.15, -0.1) is 0 Å². The second kappa shape index (κ2) is 6.52. The summed E-state index contributed by atoms with van der Waals surface area (Å²) < 4.78 is 7.16. The van der Waals surface area contributed by atoms with E-state index >= 15 is 0 Å². The Kier molecular flexibility index (Phi) is 4.28. The number of methoxy groups -OCH3 is 1. The van der Waals surface area contributed by atoms with Crippen LogP contribution in [0.3, 0.4) is 0 Å². The second-order valence-corrected chi connectivity index (χ2v) is 5.34. The van der Waals surface area contributed by atoms with Crippen LogP contribution >= 0.6 is 0 Å². The maximum Gasteiger partial charge on any atom is 0.305 e. The molecule has 23 heavy (non-hydrogen) atoms. The number of aliphatic carboxylic acids is 1. The number of carbonyl (C=O) groups is 1. The van der Waals surface area contributed by atoms with Crippen LogP contribution in [0, 0.1) is 0 Å². The first-order valence-electron chi connectivity index (χ1n) is 7.46. The average molecular weight is 310 g/mol. The van der Waals surface area contributed by atoms with E-state index < -0.39 is 5.97 Å². The van der Waals surface area contributed by atoms with Gasteiger partial charge in [0.05, 0.1) is 24.6 Å². The van der Waals surface area contributed by atoms with Crippen molar-refractivity contribution >= 4 is 17.0 Å². The summed E-state index contributed by atoms with van der Waals surface area (Å²) in [6.45, 7) is 0.418. The molecule has 0 amide bonds. The van der Waals surface area contributed by atoms with E-state index in [1.165, 1.54) is 0 Å². The number of para-hydroxylation sites is 2. The highest BCUT2D eigenvalue weighted by Gasteiger charge is 2.12. The fourth-order valence-corrected chi connectivity index (χ4v) is 2.64. The number of imidazole rings is 1. The summed E-state index contributed by atoms with van der Waals surface area (Å²) in [6.07, 6.45) is 0.730. The van der Waals surface area contributed by atoms with Crippen molar-refractivity contribution in [2.45, 2.75) is 19.4 Å². The molecule has 3 aromatic rings. The maximum atomic E-state index is 10.9. The number of carboxylic acids is 1. The van der Waals surface area contributed by atoms with Gasteiger partial charge in [0.15, 0.2) is 0 Å². The van der Waals surface area contributed by atoms with Gasteiger partial charge in [0, 0.05) is 13.0 Å². The average Bonchev–Trinajstić information content (AvgIpc) is 2.90. The largest absolute Gasteiger partial charge is 0.497 e. The van der Waals surface area contributed by atoms with Crippen molar-refractivity contribution in [3.63, 3.8) is 0 Å². The normalized spacial score (nSPS) is 10.8. The molecule has 0 atom stereocenters. The lowest BCUT2D eigenvalue weighted by Gasteiger charge is -2.08. The van der Waals surface area contributed by atoms with Gasteiger partial charge in [-0.25, -0.2) is 4.98 Å². The second-order valence-electron chi connectivity index (χ2n) is 5.34. The third kappa shape index (κ3) is 3.34. The number of aromatic nitrogens is 2. The molecule has 1 aromatic heterocycles. The van der Waals surface area contributed by atoms with Crippen LogP contribution in [-0.4, -0.2) is 27.7 Å². The lowest BCUT2D eigenvalue weighted by Crippen LogP contribution is -2.08. The van der Waals surface area contributed by atoms with Gasteiger partial charge >= 0.3 is 5.97 Å². The highest BCUT2D eigenvalue weighted by Crippen LogP contribution is 2.20. The highest BCUT2D eigenvalue weighted by molar-refractivity contribution is 5.76. The molecule has 0 radical (unpaired) electrons. The summed E-state index contributed by atoms with van der Waals surface area (Å²) in [7, 11) is 1.64. The number of carboxylic acid groups (broad SMARTS) is 1. The predicted octanol–water partition coefficient (Wildman–Crippen LogP) is 3.11. The molecular weight excluding hydrogens is 292 g/mol. The third-order valence-electron chi connectivity index (χ3n) is 3.80. The van der Waals surface area contributed by atoms with Crippen molar-refractivity contribution in [2.75, 3.05) is 7.11 Å². The maximum absolute atomic E-state index is 10.9. The molecule has 0 bridgehead atoms. The molecular formula is C18H18N2O3. The van der Waals surface area contributed by atoms with Crippen molar-refractivity contribution in [3.05, 3.63) is 59.9 Å². The minimum atomic E-state index is -0.807. The van der Waals surface area contributed by atoms with Crippen LogP contribution in [0.4, 0.5) is 0 Å². The lowest BCUT2D eigenvalue weighted by molar-refractivity contribution is -0.137. The first kappa shape index (κ1) is 15.1. The van der Waals surface area contributed by atoms with E-state index in [0.29, 0.717) is 13.0 Å². The van der Waals surface area contributed by atoms with Crippen LogP contribution in [0.15, 0.2) is 48.5 Å². The Morgan fingerprint density at radius 2 is 1.91 bits per heavy atom. The van der Waals surface area contributed by atoms with Crippen LogP contribution in [0.5, 0.6) is 5.75 Å². The van der Waals surface area contributed by atoms with Crippen LogP contribution in [-0.2, 0) is 17.8 Å². The molecule has 0 saturated carbocycles. The summed E-state index contributed by atoms with van der Waals surface area (Å²) >= 11 is 0. The quantitative estimate of drug-likeness (QED) is 0.760. The predicted molar refractivity (Wildman–Crippen MR) is 87.8 cm³/mol. The van der Waals surface area contributed by atoms with Crippen molar-refractivity contribution < 1.29 is 14.6 Å². The van der Waals surface area contributed by atoms with Crippen LogP contribution in [0.2, 0.25) is 0 Å². The standard InChI is InChI=1S/C18H18N2O3/c1-23-14-8-6-13(7-9-14)12-17-19-15-4-2-3-5-16(15)20(17)11-10-18(21)22/h2-9H,10-12H2,1H3,(H,21,22). The van der Waals surface area contributed by atoms with Gasteiger partial charge in [0.1, 0.15) is 11.6 Å². The molecule has 5 nitrogen and oxygen atoms in total. The Bertz CT molecular complexity index is 822. The summed E-state index contributed by atoms with van der Waals surface area (Å²) in [5, 5.41) is 8.98. The van der Waals surface area contributed by atoms with Gasteiger partial charge in [0.25, 0.3) is 0 Å². The van der Waals surface area contributed by atoms with E-state index in [-0.39, 0.29) is 6.42 Å². The molecule has 0 spiro atoms. The van der Waals surface area contributed by atoms with Crippen LogP contribution in [0.25, 0.3) is 11.0 Å². The number of rotatable bonds is 6. The smallest absolute Gasteiger partial charge is 0.305 e. The van der Waals surface area contributed by atoms with Gasteiger partial charge in [-0.1, -0.05) is 24.3 Å². The number of benzene rings is 2. The van der Waals surface area contributed by atoms with E-state index in [0.717, 1.165) is 28.2 Å². The summed E-state index contributed by atoms with van der Waals surface area (Å²) in [4.78, 5) is 15.6. The zero-order chi connectivity index (χ0) is 16.2. The van der Waals surface area contributed by atoms with Gasteiger partial charge in [0.2, 0.25) is 0 Å². The molecule has 0 aliphatic carbocycles. The molecule has 0 unspecified atom stereocenters. The topological polar surface area (TPSA) is 64.4 Å². The number of aryl methyl sites for hydroxylation is 1. The molecule has 1 heterocycles. The number of hydrogen-bond acceptors (Lipinski definition) is 3. The van der Waals surface area contributed by atoms with E-state index in [1.54, 1.807) is 7.11 Å². The number of hydrogen-bond donors (Lipinski definition) is 1. The minimum Gasteiger partial charge on any atom is -0.497 e. The minimum absolute atomic E-state index is 0.0793. The Morgan fingerprint density at radius 1 is 1.17 bits per heavy atom. The number of ether oxygens (including phenoxy) is 1. The lowest BCUT2D eigenvalue weighted by atomic mass is 10.1. The number of fused-ring (bicyclic) bond motifs is 1. The summed E-state index contributed by atoms with van der Waals surface area (Å²) in [6, 6.07) is 15.6. The molecule has 1 N–H and O–H groups in total. The van der Waals surface area contributed by atoms with E-state index in [2.05, 4.69) is 4.98 Å². The fraction of sp³-hybridized carbons (Fsp3) is 0.222. The van der Waals surface area contributed by atoms with E-state index in [4.69, 9.17) is 9.84 Å². The van der Waals surface area contributed by atoms with Crippen molar-refractivity contribution in [1.82, 2.24) is 9.55 Å². The molecule has 3 rings (SSSR count). The van der Waals surface area contributed by atoms with Crippen LogP contribution < -0.4 is 4.74 Å². The first-order valence-corrected chi connectivity index (χ1v) is 7.46. The van der Waals surface area contributed by atoms with Crippen LogP contribution in [0.1, 0.15) is 17.8 Å². The van der Waals surface area contributed by atoms with E-state index in [9.17, 15) is 4.79 Å². The molecule has 2 aromatic carbocycles. The first-order chi connectivity index (χ1) is 11.2. The summed E-state index contributed by atoms with van der Waals surface area (Å²) in [5.41, 5.74) is 2.97. The van der Waals surface area contributed by atoms with Crippen molar-refractivity contribution in [1.29, 1.82) is 0 Å². The Hall–Kier alpha value is -2.82. The SMILES string of the molecule is COc1ccc(Cc2nc3ccccc3n2CCC(=O)O)cc1. The summed E-state index contributed by atoms with van der Waals surface area (Å²) in [5.74, 6) is 0.879. The zero-order valence-corrected chi connectivity index (χ0v) is 12.9. The molecule has 118 valence electrons. The van der Waals surface area contributed by atoms with Gasteiger partial charge < -0.3 is 14.4 Å². The Morgan fingerprint density at radius 3 is 2.61 bits per heavy atom. The highest BCUT2D eigenvalue weighted by atomic mass is 16.5. The van der Waals surface area contributed by atoms with E-state index in [1.807, 2.05) is 53.1 Å². The number of nitrogens with zero attached hydrogens (tertiary/aromatic N) is 2. The van der Waals surface area contributed by atoms with Gasteiger partial charge in [-0.05, 0) is 29.8 Å². The van der Waals surface area contributed by atoms with Gasteiger partial charge in [-0.2, -0.15) is 0 Å². The van der Waals surface area contributed by atoms with Crippen molar-refractivity contribution in [2.24, 2.45) is 0 Å². The molecule has 5 heteroatoms. The fourth-order valence-electron chi connectivity index (χ4n) is 2.64. The zero-order valence-electron chi connectivity index (χ0n) is 12.9. The van der Waals surface area contributed by atoms with Gasteiger partial charge in [-0.3, -0.25) is 4.79 Å². The monoisotopic (exact) mass is 310 g/mol.